The Kier molecular flexibility index (Phi) is 4.41. The molecule has 0 fully saturated rings. The van der Waals surface area contributed by atoms with E-state index in [0.29, 0.717) is 28.1 Å². The molecule has 0 aliphatic carbocycles. The number of nitrogen functional groups attached to an aromatic ring is 2. The average Bonchev–Trinajstić information content (AvgIpc) is 2.47. The van der Waals surface area contributed by atoms with Crippen LogP contribution in [0.15, 0.2) is 24.3 Å². The summed E-state index contributed by atoms with van der Waals surface area (Å²) in [7, 11) is 1.56. The highest BCUT2D eigenvalue weighted by molar-refractivity contribution is 6.31. The van der Waals surface area contributed by atoms with Gasteiger partial charge in [-0.05, 0) is 18.2 Å². The monoisotopic (exact) mass is 295 g/mol. The summed E-state index contributed by atoms with van der Waals surface area (Å²) in [6.07, 6.45) is 0. The molecule has 0 radical (unpaired) electrons. The normalized spacial score (nSPS) is 10.0. The minimum Gasteiger partial charge on any atom is -0.495 e. The highest BCUT2D eigenvalue weighted by Crippen LogP contribution is 2.30. The number of halogens is 1. The van der Waals surface area contributed by atoms with Gasteiger partial charge in [0.2, 0.25) is 5.95 Å². The van der Waals surface area contributed by atoms with E-state index in [1.807, 2.05) is 0 Å². The van der Waals surface area contributed by atoms with E-state index in [0.717, 1.165) is 0 Å². The number of hydrogen-bond donors (Lipinski definition) is 5. The molecule has 0 unspecified atom stereocenters. The Labute approximate surface area is 120 Å². The zero-order valence-corrected chi connectivity index (χ0v) is 11.4. The molecule has 2 rings (SSSR count). The van der Waals surface area contributed by atoms with Crippen LogP contribution in [0.3, 0.4) is 0 Å². The van der Waals surface area contributed by atoms with E-state index in [-0.39, 0.29) is 5.95 Å². The van der Waals surface area contributed by atoms with Crippen molar-refractivity contribution in [2.24, 2.45) is 11.7 Å². The van der Waals surface area contributed by atoms with E-state index in [1.54, 1.807) is 31.4 Å². The van der Waals surface area contributed by atoms with Crippen LogP contribution in [0.1, 0.15) is 0 Å². The predicted octanol–water partition coefficient (Wildman–Crippen LogP) is 1.45. The van der Waals surface area contributed by atoms with Crippen molar-refractivity contribution in [3.63, 3.8) is 0 Å². The molecule has 0 atom stereocenters. The van der Waals surface area contributed by atoms with E-state index < -0.39 is 0 Å². The summed E-state index contributed by atoms with van der Waals surface area (Å²) in [5.41, 5.74) is 5.47. The van der Waals surface area contributed by atoms with Gasteiger partial charge in [-0.2, -0.15) is 9.97 Å². The van der Waals surface area contributed by atoms with Crippen LogP contribution in [-0.4, -0.2) is 17.1 Å². The number of hydrazine groups is 2. The van der Waals surface area contributed by atoms with Gasteiger partial charge in [-0.3, -0.25) is 0 Å². The SMILES string of the molecule is COc1ccc(Cl)cc1Nc1nc(NN)cc(NN)n1. The summed E-state index contributed by atoms with van der Waals surface area (Å²) in [5.74, 6) is 12.4. The molecule has 1 aromatic carbocycles. The van der Waals surface area contributed by atoms with Gasteiger partial charge < -0.3 is 20.9 Å². The van der Waals surface area contributed by atoms with Crippen molar-refractivity contribution in [2.75, 3.05) is 23.3 Å². The van der Waals surface area contributed by atoms with Gasteiger partial charge in [0.05, 0.1) is 12.8 Å². The van der Waals surface area contributed by atoms with Crippen LogP contribution in [0.5, 0.6) is 5.75 Å². The lowest BCUT2D eigenvalue weighted by Crippen LogP contribution is -2.14. The van der Waals surface area contributed by atoms with Crippen LogP contribution >= 0.6 is 11.6 Å². The standard InChI is InChI=1S/C11H14ClN7O/c1-20-8-3-2-6(12)4-7(8)15-11-16-9(18-13)5-10(17-11)19-14/h2-5H,13-14H2,1H3,(H3,15,16,17,18,19). The Morgan fingerprint density at radius 3 is 2.30 bits per heavy atom. The van der Waals surface area contributed by atoms with Gasteiger partial charge in [0.15, 0.2) is 0 Å². The number of nitrogens with two attached hydrogens (primary N) is 2. The van der Waals surface area contributed by atoms with Crippen LogP contribution in [-0.2, 0) is 0 Å². The minimum absolute atomic E-state index is 0.286. The third kappa shape index (κ3) is 3.18. The summed E-state index contributed by atoms with van der Waals surface area (Å²) in [5, 5.41) is 3.55. The smallest absolute Gasteiger partial charge is 0.231 e. The first-order valence-electron chi connectivity index (χ1n) is 5.59. The maximum Gasteiger partial charge on any atom is 0.231 e. The van der Waals surface area contributed by atoms with Gasteiger partial charge in [-0.1, -0.05) is 11.6 Å². The van der Waals surface area contributed by atoms with Gasteiger partial charge in [0.25, 0.3) is 0 Å². The number of benzene rings is 1. The number of anilines is 4. The van der Waals surface area contributed by atoms with Crippen LogP contribution in [0, 0.1) is 0 Å². The topological polar surface area (TPSA) is 123 Å². The summed E-state index contributed by atoms with van der Waals surface area (Å²) in [4.78, 5) is 8.30. The molecule has 8 nitrogen and oxygen atoms in total. The highest BCUT2D eigenvalue weighted by atomic mass is 35.5. The van der Waals surface area contributed by atoms with Gasteiger partial charge in [-0.15, -0.1) is 0 Å². The summed E-state index contributed by atoms with van der Waals surface area (Å²) < 4.78 is 5.23. The third-order valence-electron chi connectivity index (χ3n) is 2.43. The quantitative estimate of drug-likeness (QED) is 0.415. The van der Waals surface area contributed by atoms with E-state index in [9.17, 15) is 0 Å². The number of nitrogens with one attached hydrogen (secondary N) is 3. The molecule has 9 heteroatoms. The van der Waals surface area contributed by atoms with Crippen molar-refractivity contribution in [3.05, 3.63) is 29.3 Å². The fraction of sp³-hybridized carbons (Fsp3) is 0.0909. The first-order valence-corrected chi connectivity index (χ1v) is 5.97. The Balaban J connectivity index is 2.36. The number of rotatable bonds is 5. The molecule has 1 aromatic heterocycles. The Bertz CT molecular complexity index is 585. The first kappa shape index (κ1) is 14.1. The van der Waals surface area contributed by atoms with E-state index >= 15 is 0 Å². The van der Waals surface area contributed by atoms with Crippen molar-refractivity contribution in [2.45, 2.75) is 0 Å². The largest absolute Gasteiger partial charge is 0.495 e. The highest BCUT2D eigenvalue weighted by Gasteiger charge is 2.08. The third-order valence-corrected chi connectivity index (χ3v) is 2.67. The fourth-order valence-corrected chi connectivity index (χ4v) is 1.72. The number of nitrogens with zero attached hydrogens (tertiary/aromatic N) is 2. The molecule has 0 spiro atoms. The summed E-state index contributed by atoms with van der Waals surface area (Å²) >= 11 is 5.96. The van der Waals surface area contributed by atoms with Crippen LogP contribution < -0.4 is 32.6 Å². The van der Waals surface area contributed by atoms with Crippen molar-refractivity contribution in [3.8, 4) is 5.75 Å². The Morgan fingerprint density at radius 1 is 1.10 bits per heavy atom. The van der Waals surface area contributed by atoms with Crippen LogP contribution in [0.2, 0.25) is 5.02 Å². The number of aromatic nitrogens is 2. The van der Waals surface area contributed by atoms with Crippen molar-refractivity contribution in [1.29, 1.82) is 0 Å². The zero-order valence-electron chi connectivity index (χ0n) is 10.6. The van der Waals surface area contributed by atoms with Gasteiger partial charge >= 0.3 is 0 Å². The lowest BCUT2D eigenvalue weighted by Gasteiger charge is -2.12. The van der Waals surface area contributed by atoms with Gasteiger partial charge in [-0.25, -0.2) is 11.7 Å². The minimum atomic E-state index is 0.286. The van der Waals surface area contributed by atoms with Crippen molar-refractivity contribution in [1.82, 2.24) is 9.97 Å². The number of methoxy groups -OCH3 is 1. The van der Waals surface area contributed by atoms with E-state index in [1.165, 1.54) is 0 Å². The second-order valence-electron chi connectivity index (χ2n) is 3.72. The molecule has 0 aliphatic heterocycles. The van der Waals surface area contributed by atoms with Gasteiger partial charge in [0.1, 0.15) is 17.4 Å². The Hall–Kier alpha value is -2.29. The number of hydrogen-bond acceptors (Lipinski definition) is 8. The lowest BCUT2D eigenvalue weighted by molar-refractivity contribution is 0.417. The lowest BCUT2D eigenvalue weighted by atomic mass is 10.3. The maximum absolute atomic E-state index is 5.96. The van der Waals surface area contributed by atoms with Crippen LogP contribution in [0.4, 0.5) is 23.3 Å². The second-order valence-corrected chi connectivity index (χ2v) is 4.16. The fourth-order valence-electron chi connectivity index (χ4n) is 1.55. The molecule has 0 aliphatic rings. The molecular formula is C11H14ClN7O. The molecule has 2 aromatic rings. The predicted molar refractivity (Wildman–Crippen MR) is 78.9 cm³/mol. The van der Waals surface area contributed by atoms with E-state index in [2.05, 4.69) is 26.1 Å². The second kappa shape index (κ2) is 6.24. The average molecular weight is 296 g/mol. The summed E-state index contributed by atoms with van der Waals surface area (Å²) in [6.45, 7) is 0. The van der Waals surface area contributed by atoms with Gasteiger partial charge in [0, 0.05) is 11.1 Å². The van der Waals surface area contributed by atoms with Crippen molar-refractivity contribution >= 4 is 34.9 Å². The summed E-state index contributed by atoms with van der Waals surface area (Å²) in [6, 6.07) is 6.71. The Morgan fingerprint density at radius 2 is 1.75 bits per heavy atom. The molecule has 1 heterocycles. The molecule has 0 saturated heterocycles. The molecule has 0 saturated carbocycles. The zero-order chi connectivity index (χ0) is 14.5. The number of ether oxygens (including phenoxy) is 1. The molecular weight excluding hydrogens is 282 g/mol. The molecule has 7 N–H and O–H groups in total. The molecule has 20 heavy (non-hydrogen) atoms. The first-order chi connectivity index (χ1) is 9.66. The van der Waals surface area contributed by atoms with Crippen LogP contribution in [0.25, 0.3) is 0 Å². The molecule has 0 bridgehead atoms. The van der Waals surface area contributed by atoms with E-state index in [4.69, 9.17) is 28.0 Å². The molecule has 106 valence electrons. The van der Waals surface area contributed by atoms with Crippen molar-refractivity contribution < 1.29 is 4.74 Å². The maximum atomic E-state index is 5.96. The molecule has 0 amide bonds.